The molecule has 1 amide bonds. The molecule has 1 N–H and O–H groups in total. The van der Waals surface area contributed by atoms with E-state index in [1.54, 1.807) is 4.90 Å². The summed E-state index contributed by atoms with van der Waals surface area (Å²) in [6, 6.07) is 4.34. The number of nitrogens with zero attached hydrogens (tertiary/aromatic N) is 1. The molecule has 0 radical (unpaired) electrons. The zero-order valence-electron chi connectivity index (χ0n) is 11.2. The van der Waals surface area contributed by atoms with Crippen LogP contribution in [0.4, 0.5) is 8.78 Å². The van der Waals surface area contributed by atoms with Gasteiger partial charge in [0.25, 0.3) is 0 Å². The first-order valence-corrected chi connectivity index (χ1v) is 7.09. The van der Waals surface area contributed by atoms with E-state index in [0.717, 1.165) is 32.0 Å². The molecule has 2 aliphatic rings. The number of halogens is 2. The van der Waals surface area contributed by atoms with Crippen molar-refractivity contribution >= 4 is 5.91 Å². The number of piperidine rings is 1. The van der Waals surface area contributed by atoms with E-state index < -0.39 is 11.6 Å². The lowest BCUT2D eigenvalue weighted by Crippen LogP contribution is -2.41. The van der Waals surface area contributed by atoms with Crippen LogP contribution >= 0.6 is 0 Å². The molecule has 108 valence electrons. The molecule has 2 fully saturated rings. The van der Waals surface area contributed by atoms with E-state index in [0.29, 0.717) is 18.5 Å². The van der Waals surface area contributed by atoms with Crippen LogP contribution in [0.3, 0.4) is 0 Å². The van der Waals surface area contributed by atoms with Gasteiger partial charge in [0.1, 0.15) is 0 Å². The number of carbonyl (C=O) groups is 1. The molecule has 2 aliphatic heterocycles. The smallest absolute Gasteiger partial charge is 0.227 e. The summed E-state index contributed by atoms with van der Waals surface area (Å²) in [6.07, 6.45) is 2.21. The molecule has 20 heavy (non-hydrogen) atoms. The van der Waals surface area contributed by atoms with Gasteiger partial charge in [-0.25, -0.2) is 8.78 Å². The third-order valence-corrected chi connectivity index (χ3v) is 4.33. The highest BCUT2D eigenvalue weighted by Gasteiger charge is 2.36. The van der Waals surface area contributed by atoms with Gasteiger partial charge in [0, 0.05) is 24.7 Å². The Morgan fingerprint density at radius 1 is 1.35 bits per heavy atom. The SMILES string of the molecule is O=C(Cc1cccc(F)c1F)N1CC2CCCNC2C1. The van der Waals surface area contributed by atoms with Crippen LogP contribution in [0.1, 0.15) is 18.4 Å². The zero-order chi connectivity index (χ0) is 14.1. The topological polar surface area (TPSA) is 32.3 Å². The third kappa shape index (κ3) is 2.54. The number of hydrogen-bond acceptors (Lipinski definition) is 2. The van der Waals surface area contributed by atoms with Gasteiger partial charge in [0.2, 0.25) is 5.91 Å². The van der Waals surface area contributed by atoms with E-state index in [9.17, 15) is 13.6 Å². The van der Waals surface area contributed by atoms with Gasteiger partial charge in [-0.05, 0) is 31.4 Å². The molecule has 3 rings (SSSR count). The van der Waals surface area contributed by atoms with Gasteiger partial charge in [0.05, 0.1) is 6.42 Å². The first-order valence-electron chi connectivity index (χ1n) is 7.09. The minimum Gasteiger partial charge on any atom is -0.340 e. The first kappa shape index (κ1) is 13.5. The van der Waals surface area contributed by atoms with Crippen LogP contribution in [0.15, 0.2) is 18.2 Å². The summed E-state index contributed by atoms with van der Waals surface area (Å²) in [6.45, 7) is 2.41. The van der Waals surface area contributed by atoms with E-state index in [2.05, 4.69) is 5.32 Å². The summed E-state index contributed by atoms with van der Waals surface area (Å²) >= 11 is 0. The van der Waals surface area contributed by atoms with E-state index in [1.165, 1.54) is 12.1 Å². The Kier molecular flexibility index (Phi) is 3.70. The molecule has 2 saturated heterocycles. The fourth-order valence-corrected chi connectivity index (χ4v) is 3.21. The molecule has 2 unspecified atom stereocenters. The second-order valence-corrected chi connectivity index (χ2v) is 5.65. The highest BCUT2D eigenvalue weighted by Crippen LogP contribution is 2.25. The van der Waals surface area contributed by atoms with Crippen molar-refractivity contribution in [3.05, 3.63) is 35.4 Å². The van der Waals surface area contributed by atoms with E-state index in [1.807, 2.05) is 0 Å². The molecule has 0 spiro atoms. The van der Waals surface area contributed by atoms with Crippen LogP contribution in [0.5, 0.6) is 0 Å². The predicted octanol–water partition coefficient (Wildman–Crippen LogP) is 1.72. The van der Waals surface area contributed by atoms with Gasteiger partial charge in [-0.3, -0.25) is 4.79 Å². The minimum absolute atomic E-state index is 0.0664. The zero-order valence-corrected chi connectivity index (χ0v) is 11.2. The van der Waals surface area contributed by atoms with E-state index in [4.69, 9.17) is 0 Å². The minimum atomic E-state index is -0.907. The quantitative estimate of drug-likeness (QED) is 0.894. The predicted molar refractivity (Wildman–Crippen MR) is 71.2 cm³/mol. The lowest BCUT2D eigenvalue weighted by Gasteiger charge is -2.24. The van der Waals surface area contributed by atoms with Crippen LogP contribution in [0.25, 0.3) is 0 Å². The molecule has 1 aromatic rings. The normalized spacial score (nSPS) is 25.6. The van der Waals surface area contributed by atoms with E-state index >= 15 is 0 Å². The lowest BCUT2D eigenvalue weighted by molar-refractivity contribution is -0.129. The van der Waals surface area contributed by atoms with Crippen molar-refractivity contribution in [3.8, 4) is 0 Å². The van der Waals surface area contributed by atoms with Crippen molar-refractivity contribution in [1.29, 1.82) is 0 Å². The summed E-state index contributed by atoms with van der Waals surface area (Å²) in [5, 5.41) is 3.42. The van der Waals surface area contributed by atoms with Crippen LogP contribution in [-0.2, 0) is 11.2 Å². The number of rotatable bonds is 2. The molecule has 1 aromatic carbocycles. The molecule has 2 atom stereocenters. The average molecular weight is 280 g/mol. The number of benzene rings is 1. The Balaban J connectivity index is 1.66. The number of amides is 1. The van der Waals surface area contributed by atoms with Crippen molar-refractivity contribution < 1.29 is 13.6 Å². The number of hydrogen-bond donors (Lipinski definition) is 1. The molecule has 0 aliphatic carbocycles. The highest BCUT2D eigenvalue weighted by molar-refractivity contribution is 5.79. The molecule has 0 saturated carbocycles. The summed E-state index contributed by atoms with van der Waals surface area (Å²) in [5.41, 5.74) is 0.137. The molecule has 5 heteroatoms. The molecule has 0 bridgehead atoms. The summed E-state index contributed by atoms with van der Waals surface area (Å²) in [5.74, 6) is -1.42. The van der Waals surface area contributed by atoms with Crippen molar-refractivity contribution in [2.45, 2.75) is 25.3 Å². The molecule has 0 aromatic heterocycles. The molecular weight excluding hydrogens is 262 g/mol. The fourth-order valence-electron chi connectivity index (χ4n) is 3.21. The lowest BCUT2D eigenvalue weighted by atomic mass is 9.94. The van der Waals surface area contributed by atoms with Crippen LogP contribution < -0.4 is 5.32 Å². The second kappa shape index (κ2) is 5.48. The Hall–Kier alpha value is -1.49. The maximum atomic E-state index is 13.6. The number of fused-ring (bicyclic) bond motifs is 1. The van der Waals surface area contributed by atoms with Crippen molar-refractivity contribution in [2.24, 2.45) is 5.92 Å². The standard InChI is InChI=1S/C15H18F2N2O/c16-12-5-1-3-10(15(12)17)7-14(20)19-8-11-4-2-6-18-13(11)9-19/h1,3,5,11,13,18H,2,4,6-9H2. The largest absolute Gasteiger partial charge is 0.340 e. The van der Waals surface area contributed by atoms with Crippen molar-refractivity contribution in [3.63, 3.8) is 0 Å². The summed E-state index contributed by atoms with van der Waals surface area (Å²) in [4.78, 5) is 14.0. The fraction of sp³-hybridized carbons (Fsp3) is 0.533. The van der Waals surface area contributed by atoms with Gasteiger partial charge in [-0.2, -0.15) is 0 Å². The Labute approximate surface area is 117 Å². The van der Waals surface area contributed by atoms with Gasteiger partial charge in [0.15, 0.2) is 11.6 Å². The number of carbonyl (C=O) groups excluding carboxylic acids is 1. The van der Waals surface area contributed by atoms with Crippen molar-refractivity contribution in [2.75, 3.05) is 19.6 Å². The second-order valence-electron chi connectivity index (χ2n) is 5.65. The molecule has 2 heterocycles. The first-order chi connectivity index (χ1) is 9.65. The number of nitrogens with one attached hydrogen (secondary N) is 1. The van der Waals surface area contributed by atoms with Crippen LogP contribution in [0, 0.1) is 17.6 Å². The monoisotopic (exact) mass is 280 g/mol. The third-order valence-electron chi connectivity index (χ3n) is 4.33. The van der Waals surface area contributed by atoms with Gasteiger partial charge in [-0.15, -0.1) is 0 Å². The van der Waals surface area contributed by atoms with Gasteiger partial charge >= 0.3 is 0 Å². The molecule has 3 nitrogen and oxygen atoms in total. The van der Waals surface area contributed by atoms with E-state index in [-0.39, 0.29) is 17.9 Å². The van der Waals surface area contributed by atoms with Gasteiger partial charge in [-0.1, -0.05) is 12.1 Å². The Morgan fingerprint density at radius 2 is 2.20 bits per heavy atom. The van der Waals surface area contributed by atoms with Crippen LogP contribution in [0.2, 0.25) is 0 Å². The summed E-state index contributed by atoms with van der Waals surface area (Å²) < 4.78 is 26.7. The highest BCUT2D eigenvalue weighted by atomic mass is 19.2. The average Bonchev–Trinajstić information content (AvgIpc) is 2.88. The summed E-state index contributed by atoms with van der Waals surface area (Å²) in [7, 11) is 0. The Bertz CT molecular complexity index is 507. The Morgan fingerprint density at radius 3 is 3.00 bits per heavy atom. The maximum Gasteiger partial charge on any atom is 0.227 e. The molecular formula is C15H18F2N2O. The van der Waals surface area contributed by atoms with Crippen molar-refractivity contribution in [1.82, 2.24) is 10.2 Å². The maximum absolute atomic E-state index is 13.6. The van der Waals surface area contributed by atoms with Gasteiger partial charge < -0.3 is 10.2 Å². The van der Waals surface area contributed by atoms with Crippen LogP contribution in [-0.4, -0.2) is 36.5 Å². The number of likely N-dealkylation sites (tertiary alicyclic amines) is 1.